The van der Waals surface area contributed by atoms with E-state index in [0.717, 1.165) is 17.5 Å². The Labute approximate surface area is 103 Å². The van der Waals surface area contributed by atoms with Gasteiger partial charge >= 0.3 is 0 Å². The number of carbonyl (C=O) groups excluding carboxylic acids is 1. The first-order valence-electron chi connectivity index (χ1n) is 5.69. The molecule has 0 aliphatic carbocycles. The summed E-state index contributed by atoms with van der Waals surface area (Å²) in [5.74, 6) is 0.212. The van der Waals surface area contributed by atoms with Crippen LogP contribution in [0.15, 0.2) is 18.2 Å². The standard InChI is InChI=1S/C14H19ClO/c1-5-6-13(16)11-8-7-10(15)9-12(11)14(2,3)4/h7-9H,5-6H2,1-4H3. The third kappa shape index (κ3) is 3.08. The molecule has 0 atom stereocenters. The molecule has 0 aromatic heterocycles. The topological polar surface area (TPSA) is 17.1 Å². The lowest BCUT2D eigenvalue weighted by Crippen LogP contribution is -2.17. The average Bonchev–Trinajstić information content (AvgIpc) is 2.16. The smallest absolute Gasteiger partial charge is 0.163 e. The molecule has 0 aliphatic heterocycles. The van der Waals surface area contributed by atoms with Crippen LogP contribution in [0.1, 0.15) is 56.5 Å². The molecular weight excluding hydrogens is 220 g/mol. The Morgan fingerprint density at radius 1 is 1.31 bits per heavy atom. The number of benzene rings is 1. The van der Waals surface area contributed by atoms with Gasteiger partial charge in [-0.15, -0.1) is 0 Å². The highest BCUT2D eigenvalue weighted by atomic mass is 35.5. The van der Waals surface area contributed by atoms with Gasteiger partial charge in [0.2, 0.25) is 0 Å². The molecule has 0 fully saturated rings. The number of Topliss-reactive ketones (excluding diaryl/α,β-unsaturated/α-hetero) is 1. The van der Waals surface area contributed by atoms with Crippen LogP contribution in [0.4, 0.5) is 0 Å². The van der Waals surface area contributed by atoms with Crippen molar-refractivity contribution in [1.29, 1.82) is 0 Å². The third-order valence-corrected chi connectivity index (χ3v) is 2.80. The fourth-order valence-corrected chi connectivity index (χ4v) is 1.91. The molecule has 1 nitrogen and oxygen atoms in total. The predicted octanol–water partition coefficient (Wildman–Crippen LogP) is 4.62. The van der Waals surface area contributed by atoms with Crippen molar-refractivity contribution in [1.82, 2.24) is 0 Å². The molecule has 0 unspecified atom stereocenters. The Hall–Kier alpha value is -0.820. The lowest BCUT2D eigenvalue weighted by molar-refractivity contribution is 0.0979. The zero-order valence-corrected chi connectivity index (χ0v) is 11.2. The molecule has 0 amide bonds. The van der Waals surface area contributed by atoms with Gasteiger partial charge in [-0.1, -0.05) is 39.3 Å². The molecule has 0 bridgehead atoms. The zero-order valence-electron chi connectivity index (χ0n) is 10.4. The second-order valence-electron chi connectivity index (χ2n) is 5.11. The first-order valence-corrected chi connectivity index (χ1v) is 6.07. The summed E-state index contributed by atoms with van der Waals surface area (Å²) >= 11 is 5.99. The first-order chi connectivity index (χ1) is 7.36. The summed E-state index contributed by atoms with van der Waals surface area (Å²) < 4.78 is 0. The third-order valence-electron chi connectivity index (χ3n) is 2.57. The summed E-state index contributed by atoms with van der Waals surface area (Å²) in [6.07, 6.45) is 1.48. The van der Waals surface area contributed by atoms with E-state index in [1.54, 1.807) is 6.07 Å². The molecule has 0 heterocycles. The summed E-state index contributed by atoms with van der Waals surface area (Å²) in [6.45, 7) is 8.31. The van der Waals surface area contributed by atoms with Crippen LogP contribution in [-0.4, -0.2) is 5.78 Å². The van der Waals surface area contributed by atoms with Gasteiger partial charge in [0.15, 0.2) is 5.78 Å². The van der Waals surface area contributed by atoms with Crippen molar-refractivity contribution in [3.63, 3.8) is 0 Å². The molecule has 1 aromatic carbocycles. The molecular formula is C14H19ClO. The van der Waals surface area contributed by atoms with Gasteiger partial charge < -0.3 is 0 Å². The van der Waals surface area contributed by atoms with Gasteiger partial charge in [-0.2, -0.15) is 0 Å². The molecule has 0 N–H and O–H groups in total. The molecule has 88 valence electrons. The molecule has 0 aliphatic rings. The van der Waals surface area contributed by atoms with E-state index in [9.17, 15) is 4.79 Å². The SMILES string of the molecule is CCCC(=O)c1ccc(Cl)cc1C(C)(C)C. The summed E-state index contributed by atoms with van der Waals surface area (Å²) in [5, 5.41) is 0.693. The van der Waals surface area contributed by atoms with Crippen LogP contribution in [-0.2, 0) is 5.41 Å². The fourth-order valence-electron chi connectivity index (χ4n) is 1.74. The van der Waals surface area contributed by atoms with E-state index in [0.29, 0.717) is 11.4 Å². The summed E-state index contributed by atoms with van der Waals surface area (Å²) in [4.78, 5) is 12.0. The first kappa shape index (κ1) is 13.2. The average molecular weight is 239 g/mol. The van der Waals surface area contributed by atoms with Crippen molar-refractivity contribution in [2.45, 2.75) is 46.0 Å². The maximum Gasteiger partial charge on any atom is 0.163 e. The van der Waals surface area contributed by atoms with Crippen LogP contribution in [0.25, 0.3) is 0 Å². The largest absolute Gasteiger partial charge is 0.294 e. The van der Waals surface area contributed by atoms with Crippen LogP contribution in [0.3, 0.4) is 0 Å². The van der Waals surface area contributed by atoms with Crippen LogP contribution < -0.4 is 0 Å². The molecule has 0 saturated carbocycles. The lowest BCUT2D eigenvalue weighted by Gasteiger charge is -2.22. The Morgan fingerprint density at radius 3 is 2.44 bits per heavy atom. The monoisotopic (exact) mass is 238 g/mol. The summed E-state index contributed by atoms with van der Waals surface area (Å²) in [6, 6.07) is 5.55. The van der Waals surface area contributed by atoms with Crippen molar-refractivity contribution in [3.05, 3.63) is 34.3 Å². The molecule has 1 rings (SSSR count). The van der Waals surface area contributed by atoms with Gasteiger partial charge in [-0.25, -0.2) is 0 Å². The molecule has 0 radical (unpaired) electrons. The van der Waals surface area contributed by atoms with Gasteiger partial charge in [0.25, 0.3) is 0 Å². The van der Waals surface area contributed by atoms with Crippen LogP contribution >= 0.6 is 11.6 Å². The summed E-state index contributed by atoms with van der Waals surface area (Å²) in [5.41, 5.74) is 1.81. The van der Waals surface area contributed by atoms with Gasteiger partial charge in [-0.05, 0) is 35.6 Å². The van der Waals surface area contributed by atoms with Gasteiger partial charge in [0.1, 0.15) is 0 Å². The molecule has 16 heavy (non-hydrogen) atoms. The van der Waals surface area contributed by atoms with Crippen molar-refractivity contribution in [2.24, 2.45) is 0 Å². The minimum Gasteiger partial charge on any atom is -0.294 e. The number of rotatable bonds is 3. The second-order valence-corrected chi connectivity index (χ2v) is 5.55. The normalized spacial score (nSPS) is 11.6. The van der Waals surface area contributed by atoms with Crippen molar-refractivity contribution in [3.8, 4) is 0 Å². The van der Waals surface area contributed by atoms with Crippen molar-refractivity contribution < 1.29 is 4.79 Å². The minimum atomic E-state index is -0.0519. The van der Waals surface area contributed by atoms with Crippen LogP contribution in [0, 0.1) is 0 Å². The molecule has 2 heteroatoms. The number of hydrogen-bond acceptors (Lipinski definition) is 1. The molecule has 0 saturated heterocycles. The van der Waals surface area contributed by atoms with Crippen molar-refractivity contribution >= 4 is 17.4 Å². The van der Waals surface area contributed by atoms with Crippen LogP contribution in [0.2, 0.25) is 5.02 Å². The Bertz CT molecular complexity index is 388. The van der Waals surface area contributed by atoms with Gasteiger partial charge in [0.05, 0.1) is 0 Å². The number of carbonyl (C=O) groups is 1. The number of halogens is 1. The zero-order chi connectivity index (χ0) is 12.3. The second kappa shape index (κ2) is 5.01. The molecule has 0 spiro atoms. The van der Waals surface area contributed by atoms with E-state index in [2.05, 4.69) is 20.8 Å². The van der Waals surface area contributed by atoms with Gasteiger partial charge in [-0.3, -0.25) is 4.79 Å². The van der Waals surface area contributed by atoms with Gasteiger partial charge in [0, 0.05) is 17.0 Å². The maximum absolute atomic E-state index is 12.0. The summed E-state index contributed by atoms with van der Waals surface area (Å²) in [7, 11) is 0. The van der Waals surface area contributed by atoms with E-state index in [4.69, 9.17) is 11.6 Å². The van der Waals surface area contributed by atoms with E-state index >= 15 is 0 Å². The molecule has 1 aromatic rings. The van der Waals surface area contributed by atoms with Crippen LogP contribution in [0.5, 0.6) is 0 Å². The van der Waals surface area contributed by atoms with E-state index in [-0.39, 0.29) is 11.2 Å². The Morgan fingerprint density at radius 2 is 1.94 bits per heavy atom. The number of hydrogen-bond donors (Lipinski definition) is 0. The predicted molar refractivity (Wildman–Crippen MR) is 69.4 cm³/mol. The van der Waals surface area contributed by atoms with Crippen molar-refractivity contribution in [2.75, 3.05) is 0 Å². The Balaban J connectivity index is 3.23. The quantitative estimate of drug-likeness (QED) is 0.703. The Kier molecular flexibility index (Phi) is 4.15. The van der Waals surface area contributed by atoms with E-state index in [1.165, 1.54) is 0 Å². The lowest BCUT2D eigenvalue weighted by atomic mass is 9.82. The highest BCUT2D eigenvalue weighted by Gasteiger charge is 2.21. The van der Waals surface area contributed by atoms with E-state index < -0.39 is 0 Å². The maximum atomic E-state index is 12.0. The highest BCUT2D eigenvalue weighted by Crippen LogP contribution is 2.29. The fraction of sp³-hybridized carbons (Fsp3) is 0.500. The highest BCUT2D eigenvalue weighted by molar-refractivity contribution is 6.30. The number of ketones is 1. The minimum absolute atomic E-state index is 0.0519. The van der Waals surface area contributed by atoms with E-state index in [1.807, 2.05) is 19.1 Å².